The first-order valence-corrected chi connectivity index (χ1v) is 10.0. The molecule has 2 heterocycles. The van der Waals surface area contributed by atoms with Gasteiger partial charge in [0.2, 0.25) is 5.91 Å². The minimum Gasteiger partial charge on any atom is -0.494 e. The molecule has 0 aliphatic heterocycles. The number of benzene rings is 2. The van der Waals surface area contributed by atoms with Gasteiger partial charge in [-0.3, -0.25) is 14.3 Å². The number of hydrogen-bond donors (Lipinski definition) is 1. The van der Waals surface area contributed by atoms with E-state index in [1.807, 2.05) is 71.6 Å². The molecule has 0 bridgehead atoms. The van der Waals surface area contributed by atoms with Crippen molar-refractivity contribution in [2.75, 3.05) is 13.2 Å². The monoisotopic (exact) mass is 404 g/mol. The third kappa shape index (κ3) is 3.91. The number of fused-ring (bicyclic) bond motifs is 3. The molecule has 7 heteroatoms. The van der Waals surface area contributed by atoms with Crippen molar-refractivity contribution in [3.8, 4) is 5.75 Å². The van der Waals surface area contributed by atoms with Crippen LogP contribution in [0.4, 0.5) is 0 Å². The first-order chi connectivity index (χ1) is 14.6. The third-order valence-electron chi connectivity index (χ3n) is 5.01. The number of carbonyl (C=O) groups excluding carboxylic acids is 1. The van der Waals surface area contributed by atoms with Gasteiger partial charge >= 0.3 is 0 Å². The average Bonchev–Trinajstić information content (AvgIpc) is 3.03. The molecule has 0 radical (unpaired) electrons. The van der Waals surface area contributed by atoms with Gasteiger partial charge in [0.05, 0.1) is 12.1 Å². The largest absolute Gasteiger partial charge is 0.494 e. The Morgan fingerprint density at radius 3 is 2.67 bits per heavy atom. The molecule has 2 aromatic heterocycles. The molecule has 154 valence electrons. The summed E-state index contributed by atoms with van der Waals surface area (Å²) in [7, 11) is 0. The maximum atomic E-state index is 12.7. The number of rotatable bonds is 7. The highest BCUT2D eigenvalue weighted by Crippen LogP contribution is 2.21. The van der Waals surface area contributed by atoms with Gasteiger partial charge in [-0.2, -0.15) is 4.98 Å². The van der Waals surface area contributed by atoms with E-state index >= 15 is 0 Å². The van der Waals surface area contributed by atoms with Gasteiger partial charge in [0.1, 0.15) is 12.3 Å². The highest BCUT2D eigenvalue weighted by Gasteiger charge is 2.15. The average molecular weight is 404 g/mol. The van der Waals surface area contributed by atoms with Crippen LogP contribution in [0.5, 0.6) is 5.75 Å². The number of ether oxygens (including phenoxy) is 1. The van der Waals surface area contributed by atoms with Crippen LogP contribution in [-0.4, -0.2) is 33.2 Å². The molecule has 4 rings (SSSR count). The first-order valence-electron chi connectivity index (χ1n) is 10.0. The van der Waals surface area contributed by atoms with Crippen molar-refractivity contribution >= 4 is 22.5 Å². The van der Waals surface area contributed by atoms with Crippen molar-refractivity contribution < 1.29 is 9.53 Å². The van der Waals surface area contributed by atoms with Crippen LogP contribution in [0, 0.1) is 6.92 Å². The van der Waals surface area contributed by atoms with Crippen LogP contribution in [-0.2, 0) is 17.8 Å². The lowest BCUT2D eigenvalue weighted by atomic mass is 10.1. The van der Waals surface area contributed by atoms with E-state index in [4.69, 9.17) is 4.74 Å². The summed E-state index contributed by atoms with van der Waals surface area (Å²) in [4.78, 5) is 28.7. The predicted molar refractivity (Wildman–Crippen MR) is 116 cm³/mol. The van der Waals surface area contributed by atoms with Gasteiger partial charge < -0.3 is 10.1 Å². The molecule has 0 saturated carbocycles. The van der Waals surface area contributed by atoms with Crippen molar-refractivity contribution in [1.82, 2.24) is 19.5 Å². The van der Waals surface area contributed by atoms with E-state index in [1.165, 1.54) is 6.07 Å². The van der Waals surface area contributed by atoms with E-state index < -0.39 is 0 Å². The molecule has 0 fully saturated rings. The van der Waals surface area contributed by atoms with E-state index in [9.17, 15) is 9.59 Å². The first kappa shape index (κ1) is 19.7. The second kappa shape index (κ2) is 8.41. The van der Waals surface area contributed by atoms with Crippen LogP contribution in [0.15, 0.2) is 59.4 Å². The number of para-hydroxylation sites is 1. The summed E-state index contributed by atoms with van der Waals surface area (Å²) in [6.45, 7) is 5.11. The summed E-state index contributed by atoms with van der Waals surface area (Å²) in [6.07, 6.45) is 0.735. The van der Waals surface area contributed by atoms with Crippen molar-refractivity contribution in [2.45, 2.75) is 26.8 Å². The lowest BCUT2D eigenvalue weighted by Crippen LogP contribution is -2.31. The molecule has 2 aromatic carbocycles. The highest BCUT2D eigenvalue weighted by molar-refractivity contribution is 5.93. The van der Waals surface area contributed by atoms with Crippen LogP contribution in [0.2, 0.25) is 0 Å². The molecule has 1 N–H and O–H groups in total. The topological polar surface area (TPSA) is 77.6 Å². The van der Waals surface area contributed by atoms with Gasteiger partial charge in [0.25, 0.3) is 5.56 Å². The van der Waals surface area contributed by atoms with E-state index in [0.29, 0.717) is 18.8 Å². The molecule has 0 unspecified atom stereocenters. The van der Waals surface area contributed by atoms with Gasteiger partial charge in [-0.25, -0.2) is 4.52 Å². The molecular weight excluding hydrogens is 380 g/mol. The molecule has 0 spiro atoms. The lowest BCUT2D eigenvalue weighted by Gasteiger charge is -2.11. The molecular formula is C23H24N4O3. The Kier molecular flexibility index (Phi) is 5.52. The van der Waals surface area contributed by atoms with Crippen molar-refractivity contribution in [1.29, 1.82) is 0 Å². The Hall–Kier alpha value is -3.61. The van der Waals surface area contributed by atoms with Crippen LogP contribution < -0.4 is 15.6 Å². The van der Waals surface area contributed by atoms with Gasteiger partial charge in [-0.1, -0.05) is 24.3 Å². The summed E-state index contributed by atoms with van der Waals surface area (Å²) < 4.78 is 9.14. The molecule has 30 heavy (non-hydrogen) atoms. The maximum Gasteiger partial charge on any atom is 0.273 e. The van der Waals surface area contributed by atoms with Crippen LogP contribution >= 0.6 is 0 Å². The molecule has 0 aliphatic carbocycles. The maximum absolute atomic E-state index is 12.7. The quantitative estimate of drug-likeness (QED) is 0.514. The Labute approximate surface area is 173 Å². The third-order valence-corrected chi connectivity index (χ3v) is 5.01. The predicted octanol–water partition coefficient (Wildman–Crippen LogP) is 2.72. The van der Waals surface area contributed by atoms with Gasteiger partial charge in [0, 0.05) is 23.7 Å². The Bertz CT molecular complexity index is 1260. The smallest absolute Gasteiger partial charge is 0.273 e. The summed E-state index contributed by atoms with van der Waals surface area (Å²) in [5, 5.41) is 3.83. The van der Waals surface area contributed by atoms with Crippen LogP contribution in [0.3, 0.4) is 0 Å². The standard InChI is InChI=1S/C23H24N4O3/c1-3-30-18-10-8-17(9-11-18)12-13-24-22(29)15-26-20-7-5-4-6-19(20)23-25-21(28)14-16(2)27(23)26/h4-11,14H,3,12-13,15H2,1-2H3,(H,24,29). The van der Waals surface area contributed by atoms with Crippen LogP contribution in [0.25, 0.3) is 16.6 Å². The molecule has 7 nitrogen and oxygen atoms in total. The number of aromatic nitrogens is 3. The molecule has 4 aromatic rings. The van der Waals surface area contributed by atoms with E-state index in [1.54, 1.807) is 0 Å². The number of nitrogens with one attached hydrogen (secondary N) is 1. The Morgan fingerprint density at radius 1 is 1.13 bits per heavy atom. The minimum absolute atomic E-state index is 0.0957. The fourth-order valence-electron chi connectivity index (χ4n) is 3.68. The normalized spacial score (nSPS) is 11.1. The van der Waals surface area contributed by atoms with Gasteiger partial charge in [0.15, 0.2) is 5.65 Å². The zero-order valence-electron chi connectivity index (χ0n) is 17.1. The van der Waals surface area contributed by atoms with Crippen molar-refractivity contribution in [3.05, 3.63) is 76.2 Å². The van der Waals surface area contributed by atoms with Crippen molar-refractivity contribution in [3.63, 3.8) is 0 Å². The summed E-state index contributed by atoms with van der Waals surface area (Å²) in [5.74, 6) is 0.751. The number of carbonyl (C=O) groups is 1. The number of aryl methyl sites for hydroxylation is 1. The second-order valence-electron chi connectivity index (χ2n) is 7.12. The Morgan fingerprint density at radius 2 is 1.90 bits per heavy atom. The minimum atomic E-state index is -0.282. The zero-order valence-corrected chi connectivity index (χ0v) is 17.1. The van der Waals surface area contributed by atoms with E-state index in [2.05, 4.69) is 10.3 Å². The fraction of sp³-hybridized carbons (Fsp3) is 0.261. The summed E-state index contributed by atoms with van der Waals surface area (Å²) in [5.41, 5.74) is 3.02. The van der Waals surface area contributed by atoms with Crippen LogP contribution in [0.1, 0.15) is 18.2 Å². The number of hydrogen-bond acceptors (Lipinski definition) is 4. The fourth-order valence-corrected chi connectivity index (χ4v) is 3.68. The Balaban J connectivity index is 1.49. The molecule has 1 amide bonds. The highest BCUT2D eigenvalue weighted by atomic mass is 16.5. The summed E-state index contributed by atoms with van der Waals surface area (Å²) in [6, 6.07) is 17.0. The molecule has 0 saturated heterocycles. The molecule has 0 atom stereocenters. The SMILES string of the molecule is CCOc1ccc(CCNC(=O)Cn2c3ccccc3c3nc(=O)cc(C)n32)cc1. The number of amides is 1. The van der Waals surface area contributed by atoms with Gasteiger partial charge in [-0.05, 0) is 50.1 Å². The van der Waals surface area contributed by atoms with E-state index in [-0.39, 0.29) is 18.0 Å². The van der Waals surface area contributed by atoms with E-state index in [0.717, 1.165) is 34.3 Å². The second-order valence-corrected chi connectivity index (χ2v) is 7.12. The number of nitrogens with zero attached hydrogens (tertiary/aromatic N) is 3. The molecule has 0 aliphatic rings. The zero-order chi connectivity index (χ0) is 21.1. The summed E-state index contributed by atoms with van der Waals surface area (Å²) >= 11 is 0. The van der Waals surface area contributed by atoms with Gasteiger partial charge in [-0.15, -0.1) is 0 Å². The lowest BCUT2D eigenvalue weighted by molar-refractivity contribution is -0.121. The van der Waals surface area contributed by atoms with Crippen molar-refractivity contribution in [2.24, 2.45) is 0 Å².